The van der Waals surface area contributed by atoms with Crippen molar-refractivity contribution in [2.45, 2.75) is 52.4 Å². The summed E-state index contributed by atoms with van der Waals surface area (Å²) in [5.41, 5.74) is 8.14. The standard InChI is InChI=1S/C36H37N2P/c1-35(2,3)28-23-29(36(4,5)6)25-31(24-28)39(30-17-12-16-27(22-30)32-18-10-11-21-37-32)34-20-13-19-33(38-34)26-14-8-7-9-15-26/h7-25H,1-6H3. The van der Waals surface area contributed by atoms with E-state index in [0.717, 1.165) is 27.9 Å². The maximum absolute atomic E-state index is 5.30. The number of aromatic nitrogens is 2. The Kier molecular flexibility index (Phi) is 7.52. The topological polar surface area (TPSA) is 25.8 Å². The molecule has 0 saturated carbocycles. The fourth-order valence-electron chi connectivity index (χ4n) is 4.68. The lowest BCUT2D eigenvalue weighted by atomic mass is 9.81. The molecule has 0 spiro atoms. The van der Waals surface area contributed by atoms with E-state index in [4.69, 9.17) is 4.98 Å². The summed E-state index contributed by atoms with van der Waals surface area (Å²) in [6.07, 6.45) is 1.86. The summed E-state index contributed by atoms with van der Waals surface area (Å²) in [7, 11) is -0.925. The van der Waals surface area contributed by atoms with E-state index in [2.05, 4.69) is 144 Å². The van der Waals surface area contributed by atoms with Gasteiger partial charge in [0.1, 0.15) is 0 Å². The van der Waals surface area contributed by atoms with Crippen LogP contribution in [0.15, 0.2) is 115 Å². The monoisotopic (exact) mass is 528 g/mol. The predicted octanol–water partition coefficient (Wildman–Crippen LogP) is 8.16. The van der Waals surface area contributed by atoms with Gasteiger partial charge in [-0.05, 0) is 62.9 Å². The van der Waals surface area contributed by atoms with Crippen LogP contribution in [-0.4, -0.2) is 9.97 Å². The van der Waals surface area contributed by atoms with E-state index in [1.807, 2.05) is 18.3 Å². The molecule has 0 amide bonds. The molecule has 1 atom stereocenters. The molecule has 0 N–H and O–H groups in total. The van der Waals surface area contributed by atoms with Gasteiger partial charge in [0.15, 0.2) is 0 Å². The van der Waals surface area contributed by atoms with Gasteiger partial charge in [-0.3, -0.25) is 4.98 Å². The van der Waals surface area contributed by atoms with Crippen LogP contribution in [0.5, 0.6) is 0 Å². The van der Waals surface area contributed by atoms with E-state index in [-0.39, 0.29) is 10.8 Å². The molecule has 5 aromatic rings. The number of pyridine rings is 2. The molecule has 0 bridgehead atoms. The van der Waals surface area contributed by atoms with Gasteiger partial charge in [-0.2, -0.15) is 0 Å². The Morgan fingerprint density at radius 1 is 0.513 bits per heavy atom. The second-order valence-electron chi connectivity index (χ2n) is 12.1. The van der Waals surface area contributed by atoms with E-state index >= 15 is 0 Å². The van der Waals surface area contributed by atoms with E-state index in [0.29, 0.717) is 0 Å². The van der Waals surface area contributed by atoms with Gasteiger partial charge in [-0.15, -0.1) is 0 Å². The molecule has 3 aromatic carbocycles. The zero-order chi connectivity index (χ0) is 27.6. The first kappa shape index (κ1) is 27.0. The molecule has 0 fully saturated rings. The third-order valence-corrected chi connectivity index (χ3v) is 9.28. The van der Waals surface area contributed by atoms with Crippen molar-refractivity contribution < 1.29 is 0 Å². The van der Waals surface area contributed by atoms with Gasteiger partial charge >= 0.3 is 0 Å². The largest absolute Gasteiger partial charge is 0.256 e. The highest BCUT2D eigenvalue weighted by Gasteiger charge is 2.26. The maximum atomic E-state index is 5.30. The van der Waals surface area contributed by atoms with Crippen LogP contribution in [0.1, 0.15) is 52.7 Å². The van der Waals surface area contributed by atoms with Crippen molar-refractivity contribution in [1.29, 1.82) is 0 Å². The summed E-state index contributed by atoms with van der Waals surface area (Å²) in [5, 5.41) is 2.61. The molecule has 0 radical (unpaired) electrons. The Hall–Kier alpha value is -3.61. The van der Waals surface area contributed by atoms with Gasteiger partial charge in [0.05, 0.1) is 16.8 Å². The van der Waals surface area contributed by atoms with E-state index in [1.54, 1.807) is 0 Å². The number of rotatable bonds is 5. The summed E-state index contributed by atoms with van der Waals surface area (Å²) in [6, 6.07) is 39.1. The summed E-state index contributed by atoms with van der Waals surface area (Å²) >= 11 is 0. The summed E-state index contributed by atoms with van der Waals surface area (Å²) in [4.78, 5) is 9.93. The molecule has 5 rings (SSSR count). The fourth-order valence-corrected chi connectivity index (χ4v) is 6.99. The molecule has 2 aromatic heterocycles. The number of benzene rings is 3. The Morgan fingerprint density at radius 3 is 1.77 bits per heavy atom. The molecule has 1 unspecified atom stereocenters. The van der Waals surface area contributed by atoms with Gasteiger partial charge in [0.25, 0.3) is 0 Å². The van der Waals surface area contributed by atoms with Crippen molar-refractivity contribution in [2.75, 3.05) is 0 Å². The van der Waals surface area contributed by atoms with Gasteiger partial charge in [-0.1, -0.05) is 120 Å². The minimum atomic E-state index is -0.925. The highest BCUT2D eigenvalue weighted by molar-refractivity contribution is 7.79. The Morgan fingerprint density at radius 2 is 1.13 bits per heavy atom. The second-order valence-corrected chi connectivity index (χ2v) is 14.3. The highest BCUT2D eigenvalue weighted by atomic mass is 31.1. The van der Waals surface area contributed by atoms with Crippen LogP contribution in [0, 0.1) is 0 Å². The lowest BCUT2D eigenvalue weighted by Crippen LogP contribution is -2.27. The van der Waals surface area contributed by atoms with Gasteiger partial charge in [0, 0.05) is 25.2 Å². The van der Waals surface area contributed by atoms with Crippen LogP contribution >= 0.6 is 7.92 Å². The molecule has 0 saturated heterocycles. The molecule has 0 aliphatic carbocycles. The number of hydrogen-bond acceptors (Lipinski definition) is 2. The SMILES string of the molecule is CC(C)(C)c1cc(P(c2cccc(-c3ccccn3)c2)c2cccc(-c3ccccc3)n2)cc(C(C)(C)C)c1. The van der Waals surface area contributed by atoms with Gasteiger partial charge < -0.3 is 0 Å². The first-order valence-corrected chi connectivity index (χ1v) is 14.9. The molecule has 3 heteroatoms. The van der Waals surface area contributed by atoms with Crippen molar-refractivity contribution in [3.63, 3.8) is 0 Å². The van der Waals surface area contributed by atoms with Crippen LogP contribution in [0.2, 0.25) is 0 Å². The molecule has 0 aliphatic heterocycles. The summed E-state index contributed by atoms with van der Waals surface area (Å²) in [6.45, 7) is 13.8. The zero-order valence-electron chi connectivity index (χ0n) is 23.8. The van der Waals surface area contributed by atoms with Crippen LogP contribution in [0.3, 0.4) is 0 Å². The summed E-state index contributed by atoms with van der Waals surface area (Å²) in [5.74, 6) is 0. The first-order chi connectivity index (χ1) is 18.6. The highest BCUT2D eigenvalue weighted by Crippen LogP contribution is 2.38. The Labute approximate surface area is 235 Å². The number of hydrogen-bond donors (Lipinski definition) is 0. The maximum Gasteiger partial charge on any atom is 0.0728 e. The number of nitrogens with zero attached hydrogens (tertiary/aromatic N) is 2. The average molecular weight is 529 g/mol. The van der Waals surface area contributed by atoms with Crippen LogP contribution < -0.4 is 16.0 Å². The van der Waals surface area contributed by atoms with E-state index in [9.17, 15) is 0 Å². The first-order valence-electron chi connectivity index (χ1n) is 13.6. The average Bonchev–Trinajstić information content (AvgIpc) is 2.93. The minimum absolute atomic E-state index is 0.0339. The van der Waals surface area contributed by atoms with E-state index < -0.39 is 7.92 Å². The lowest BCUT2D eigenvalue weighted by molar-refractivity contribution is 0.569. The van der Waals surface area contributed by atoms with Crippen molar-refractivity contribution in [3.05, 3.63) is 127 Å². The van der Waals surface area contributed by atoms with Crippen molar-refractivity contribution in [2.24, 2.45) is 0 Å². The van der Waals surface area contributed by atoms with Crippen molar-refractivity contribution >= 4 is 24.0 Å². The Balaban J connectivity index is 1.75. The molecule has 39 heavy (non-hydrogen) atoms. The molecular formula is C36H37N2P. The summed E-state index contributed by atoms with van der Waals surface area (Å²) < 4.78 is 0. The minimum Gasteiger partial charge on any atom is -0.256 e. The second kappa shape index (κ2) is 10.9. The predicted molar refractivity (Wildman–Crippen MR) is 169 cm³/mol. The van der Waals surface area contributed by atoms with Crippen LogP contribution in [-0.2, 0) is 10.8 Å². The van der Waals surface area contributed by atoms with Crippen molar-refractivity contribution in [1.82, 2.24) is 9.97 Å². The quantitative estimate of drug-likeness (QED) is 0.215. The molecule has 0 aliphatic rings. The smallest absolute Gasteiger partial charge is 0.0728 e. The normalized spacial score (nSPS) is 12.8. The van der Waals surface area contributed by atoms with Gasteiger partial charge in [-0.25, -0.2) is 4.98 Å². The lowest BCUT2D eigenvalue weighted by Gasteiger charge is -2.28. The molecular weight excluding hydrogens is 491 g/mol. The van der Waals surface area contributed by atoms with Gasteiger partial charge in [0.2, 0.25) is 0 Å². The van der Waals surface area contributed by atoms with E-state index in [1.165, 1.54) is 21.7 Å². The third kappa shape index (κ3) is 6.18. The zero-order valence-corrected chi connectivity index (χ0v) is 24.7. The molecule has 2 heterocycles. The molecule has 2 nitrogen and oxygen atoms in total. The third-order valence-electron chi connectivity index (χ3n) is 7.01. The fraction of sp³-hybridized carbons (Fsp3) is 0.222. The van der Waals surface area contributed by atoms with Crippen molar-refractivity contribution in [3.8, 4) is 22.5 Å². The van der Waals surface area contributed by atoms with Crippen LogP contribution in [0.4, 0.5) is 0 Å². The Bertz CT molecular complexity index is 1450. The molecule has 196 valence electrons. The van der Waals surface area contributed by atoms with Crippen LogP contribution in [0.25, 0.3) is 22.5 Å².